The predicted molar refractivity (Wildman–Crippen MR) is 126 cm³/mol. The van der Waals surface area contributed by atoms with Crippen molar-refractivity contribution in [1.29, 1.82) is 0 Å². The molecule has 0 saturated carbocycles. The lowest BCUT2D eigenvalue weighted by atomic mass is 9.90. The number of H-pyrrole nitrogens is 1. The SMILES string of the molecule is COc1ccc2c(n1)CCN(C(=O)c1cc(=O)[nH]o1)[C@@H]2C(=O)Cc1cc(F)c([Si](C)(C)C)c(F)c1. The largest absolute Gasteiger partial charge is 0.481 e. The molecule has 2 aromatic heterocycles. The average molecular weight is 502 g/mol. The molecule has 0 spiro atoms. The zero-order valence-electron chi connectivity index (χ0n) is 19.8. The van der Waals surface area contributed by atoms with E-state index in [1.165, 1.54) is 24.1 Å². The minimum Gasteiger partial charge on any atom is -0.481 e. The molecule has 0 saturated heterocycles. The summed E-state index contributed by atoms with van der Waals surface area (Å²) in [7, 11) is -0.813. The van der Waals surface area contributed by atoms with E-state index in [-0.39, 0.29) is 29.5 Å². The monoisotopic (exact) mass is 501 g/mol. The van der Waals surface area contributed by atoms with Gasteiger partial charge in [-0.3, -0.25) is 14.4 Å². The van der Waals surface area contributed by atoms with Crippen molar-refractivity contribution in [3.8, 4) is 5.88 Å². The Balaban J connectivity index is 1.72. The van der Waals surface area contributed by atoms with Crippen molar-refractivity contribution in [2.24, 2.45) is 0 Å². The Morgan fingerprint density at radius 3 is 2.46 bits per heavy atom. The van der Waals surface area contributed by atoms with Crippen LogP contribution in [-0.2, 0) is 17.6 Å². The lowest BCUT2D eigenvalue weighted by Crippen LogP contribution is -2.44. The number of nitrogens with zero attached hydrogens (tertiary/aromatic N) is 2. The molecule has 1 amide bonds. The number of aromatic nitrogens is 2. The second kappa shape index (κ2) is 9.21. The third-order valence-corrected chi connectivity index (χ3v) is 7.90. The van der Waals surface area contributed by atoms with Gasteiger partial charge in [0.2, 0.25) is 11.6 Å². The maximum absolute atomic E-state index is 14.8. The summed E-state index contributed by atoms with van der Waals surface area (Å²) >= 11 is 0. The lowest BCUT2D eigenvalue weighted by molar-refractivity contribution is -0.123. The molecular weight excluding hydrogens is 476 g/mol. The van der Waals surface area contributed by atoms with E-state index in [2.05, 4.69) is 10.1 Å². The van der Waals surface area contributed by atoms with Crippen LogP contribution in [0.15, 0.2) is 39.6 Å². The Morgan fingerprint density at radius 2 is 1.89 bits per heavy atom. The molecule has 0 aliphatic carbocycles. The maximum Gasteiger partial charge on any atom is 0.293 e. The molecule has 0 unspecified atom stereocenters. The Bertz CT molecular complexity index is 1340. The van der Waals surface area contributed by atoms with Crippen LogP contribution in [0, 0.1) is 11.6 Å². The number of hydrogen-bond donors (Lipinski definition) is 1. The molecule has 3 heterocycles. The summed E-state index contributed by atoms with van der Waals surface area (Å²) in [5.41, 5.74) is 0.635. The van der Waals surface area contributed by atoms with Crippen molar-refractivity contribution in [3.05, 3.63) is 74.9 Å². The minimum absolute atomic E-state index is 0.0762. The van der Waals surface area contributed by atoms with Crippen LogP contribution in [0.2, 0.25) is 19.6 Å². The van der Waals surface area contributed by atoms with Crippen molar-refractivity contribution >= 4 is 25.0 Å². The Morgan fingerprint density at radius 1 is 1.20 bits per heavy atom. The van der Waals surface area contributed by atoms with Crippen molar-refractivity contribution in [3.63, 3.8) is 0 Å². The number of ketones is 1. The third-order valence-electron chi connectivity index (χ3n) is 5.92. The van der Waals surface area contributed by atoms with Crippen LogP contribution in [0.1, 0.15) is 33.4 Å². The van der Waals surface area contributed by atoms with E-state index in [0.717, 1.165) is 6.07 Å². The number of nitrogens with one attached hydrogen (secondary N) is 1. The van der Waals surface area contributed by atoms with Gasteiger partial charge in [-0.1, -0.05) is 19.6 Å². The van der Waals surface area contributed by atoms with Crippen LogP contribution >= 0.6 is 0 Å². The van der Waals surface area contributed by atoms with Gasteiger partial charge in [0.15, 0.2) is 5.78 Å². The quantitative estimate of drug-likeness (QED) is 0.521. The molecule has 1 atom stereocenters. The van der Waals surface area contributed by atoms with Gasteiger partial charge in [-0.25, -0.2) is 13.8 Å². The number of methoxy groups -OCH3 is 1. The van der Waals surface area contributed by atoms with Crippen molar-refractivity contribution in [2.45, 2.75) is 38.5 Å². The molecule has 8 nitrogen and oxygen atoms in total. The molecule has 4 rings (SSSR count). The fourth-order valence-corrected chi connectivity index (χ4v) is 5.99. The van der Waals surface area contributed by atoms with Crippen LogP contribution in [0.3, 0.4) is 0 Å². The fourth-order valence-electron chi connectivity index (χ4n) is 4.42. The molecule has 0 fully saturated rings. The second-order valence-corrected chi connectivity index (χ2v) is 14.4. The smallest absolute Gasteiger partial charge is 0.293 e. The number of aromatic amines is 1. The van der Waals surface area contributed by atoms with Crippen LogP contribution in [0.4, 0.5) is 8.78 Å². The number of Topliss-reactive ketones (excluding diaryl/α,β-unsaturated/α-hetero) is 1. The number of hydrogen-bond acceptors (Lipinski definition) is 6. The first-order valence-electron chi connectivity index (χ1n) is 11.0. The number of carbonyl (C=O) groups is 2. The van der Waals surface area contributed by atoms with Crippen LogP contribution in [0.5, 0.6) is 5.88 Å². The lowest BCUT2D eigenvalue weighted by Gasteiger charge is -2.35. The molecule has 1 aliphatic rings. The van der Waals surface area contributed by atoms with Crippen molar-refractivity contribution in [2.75, 3.05) is 13.7 Å². The number of fused-ring (bicyclic) bond motifs is 1. The molecule has 35 heavy (non-hydrogen) atoms. The summed E-state index contributed by atoms with van der Waals surface area (Å²) in [5.74, 6) is -2.35. The fraction of sp³-hybridized carbons (Fsp3) is 0.333. The molecule has 184 valence electrons. The summed E-state index contributed by atoms with van der Waals surface area (Å²) in [4.78, 5) is 43.9. The molecular formula is C24H25F2N3O5Si. The summed E-state index contributed by atoms with van der Waals surface area (Å²) in [6.07, 6.45) is 0.0295. The highest BCUT2D eigenvalue weighted by molar-refractivity contribution is 6.88. The van der Waals surface area contributed by atoms with Gasteiger partial charge in [0, 0.05) is 36.2 Å². The van der Waals surface area contributed by atoms with Crippen LogP contribution in [-0.4, -0.2) is 48.5 Å². The van der Waals surface area contributed by atoms with Gasteiger partial charge in [-0.15, -0.1) is 0 Å². The standard InChI is InChI=1S/C24H25F2N3O5Si/c1-33-21-6-5-14-17(27-21)7-8-29(24(32)19-12-20(31)28-34-19)22(14)18(30)11-13-9-15(25)23(16(26)10-13)35(2,3)4/h5-6,9-10,12,22H,7-8,11H2,1-4H3,(H,28,31)/t22-/m0/s1. The normalized spacial score (nSPS) is 15.6. The van der Waals surface area contributed by atoms with E-state index in [1.807, 2.05) is 19.6 Å². The molecule has 3 aromatic rings. The molecule has 0 bridgehead atoms. The second-order valence-electron chi connectivity index (χ2n) is 9.45. The van der Waals surface area contributed by atoms with Gasteiger partial charge in [-0.2, -0.15) is 5.16 Å². The van der Waals surface area contributed by atoms with Crippen LogP contribution < -0.4 is 15.5 Å². The minimum atomic E-state index is -2.28. The van der Waals surface area contributed by atoms with Gasteiger partial charge >= 0.3 is 0 Å². The predicted octanol–water partition coefficient (Wildman–Crippen LogP) is 2.75. The third kappa shape index (κ3) is 4.81. The summed E-state index contributed by atoms with van der Waals surface area (Å²) in [6.45, 7) is 5.63. The number of carbonyl (C=O) groups excluding carboxylic acids is 2. The number of halogens is 2. The van der Waals surface area contributed by atoms with Gasteiger partial charge in [0.05, 0.1) is 26.9 Å². The summed E-state index contributed by atoms with van der Waals surface area (Å²) < 4.78 is 39.7. The summed E-state index contributed by atoms with van der Waals surface area (Å²) in [6, 6.07) is 5.50. The van der Waals surface area contributed by atoms with Gasteiger partial charge < -0.3 is 14.2 Å². The number of pyridine rings is 1. The van der Waals surface area contributed by atoms with E-state index >= 15 is 0 Å². The van der Waals surface area contributed by atoms with Gasteiger partial charge in [-0.05, 0) is 23.8 Å². The molecule has 11 heteroatoms. The first kappa shape index (κ1) is 24.5. The average Bonchev–Trinajstić information content (AvgIpc) is 3.22. The highest BCUT2D eigenvalue weighted by Crippen LogP contribution is 2.33. The van der Waals surface area contributed by atoms with Crippen molar-refractivity contribution < 1.29 is 27.6 Å². The van der Waals surface area contributed by atoms with E-state index in [0.29, 0.717) is 23.6 Å². The molecule has 1 aromatic carbocycles. The first-order chi connectivity index (χ1) is 16.5. The number of rotatable bonds is 6. The van der Waals surface area contributed by atoms with Gasteiger partial charge in [0.25, 0.3) is 11.5 Å². The zero-order valence-corrected chi connectivity index (χ0v) is 20.8. The van der Waals surface area contributed by atoms with E-state index in [9.17, 15) is 23.2 Å². The number of ether oxygens (including phenoxy) is 1. The highest BCUT2D eigenvalue weighted by atomic mass is 28.3. The van der Waals surface area contributed by atoms with Gasteiger partial charge in [0.1, 0.15) is 17.7 Å². The van der Waals surface area contributed by atoms with E-state index < -0.39 is 43.0 Å². The van der Waals surface area contributed by atoms with E-state index in [1.54, 1.807) is 12.1 Å². The molecule has 1 aliphatic heterocycles. The Kier molecular flexibility index (Phi) is 6.45. The maximum atomic E-state index is 14.8. The van der Waals surface area contributed by atoms with E-state index in [4.69, 9.17) is 9.26 Å². The first-order valence-corrected chi connectivity index (χ1v) is 14.5. The Hall–Kier alpha value is -3.60. The Labute approximate surface area is 200 Å². The zero-order chi connectivity index (χ0) is 25.5. The number of amides is 1. The molecule has 0 radical (unpaired) electrons. The topological polar surface area (TPSA) is 106 Å². The highest BCUT2D eigenvalue weighted by Gasteiger charge is 2.38. The van der Waals surface area contributed by atoms with Crippen LogP contribution in [0.25, 0.3) is 0 Å². The number of benzene rings is 1. The summed E-state index contributed by atoms with van der Waals surface area (Å²) in [5, 5.41) is 2.14. The van der Waals surface area contributed by atoms with Crippen molar-refractivity contribution in [1.82, 2.24) is 15.0 Å². The molecule has 1 N–H and O–H groups in total.